The van der Waals surface area contributed by atoms with E-state index in [1.165, 1.54) is 11.1 Å². The van der Waals surface area contributed by atoms with Crippen LogP contribution in [0.1, 0.15) is 19.4 Å². The van der Waals surface area contributed by atoms with Gasteiger partial charge in [-0.1, -0.05) is 54.1 Å². The number of benzene rings is 1. The fraction of sp³-hybridized carbons (Fsp3) is 0.231. The van der Waals surface area contributed by atoms with Gasteiger partial charge in [0, 0.05) is 0 Å². The van der Waals surface area contributed by atoms with Crippen molar-refractivity contribution in [2.45, 2.75) is 20.3 Å². The lowest BCUT2D eigenvalue weighted by molar-refractivity contribution is 1.14. The van der Waals surface area contributed by atoms with Crippen molar-refractivity contribution in [3.05, 3.63) is 59.7 Å². The van der Waals surface area contributed by atoms with Gasteiger partial charge in [-0.2, -0.15) is 0 Å². The highest BCUT2D eigenvalue weighted by Crippen LogP contribution is 2.06. The van der Waals surface area contributed by atoms with E-state index in [2.05, 4.69) is 55.5 Å². The molecule has 0 heteroatoms. The van der Waals surface area contributed by atoms with Crippen LogP contribution < -0.4 is 0 Å². The summed E-state index contributed by atoms with van der Waals surface area (Å²) in [7, 11) is 0. The van der Waals surface area contributed by atoms with Crippen molar-refractivity contribution in [3.8, 4) is 0 Å². The Labute approximate surface area is 80.6 Å². The first kappa shape index (κ1) is 9.79. The molecule has 0 unspecified atom stereocenters. The fourth-order valence-corrected chi connectivity index (χ4v) is 1.24. The SMILES string of the molecule is C/C=C\C=C(\C)Cc1ccccc1. The molecule has 0 saturated heterocycles. The maximum Gasteiger partial charge on any atom is -0.00668 e. The third-order valence-electron chi connectivity index (χ3n) is 1.90. The van der Waals surface area contributed by atoms with Crippen molar-refractivity contribution < 1.29 is 0 Å². The molecule has 1 rings (SSSR count). The summed E-state index contributed by atoms with van der Waals surface area (Å²) in [5.41, 5.74) is 2.77. The highest BCUT2D eigenvalue weighted by atomic mass is 14.0. The van der Waals surface area contributed by atoms with Gasteiger partial charge in [0.1, 0.15) is 0 Å². The first-order valence-corrected chi connectivity index (χ1v) is 4.65. The first-order valence-electron chi connectivity index (χ1n) is 4.65. The van der Waals surface area contributed by atoms with Gasteiger partial charge in [-0.25, -0.2) is 0 Å². The molecule has 0 atom stereocenters. The molecule has 13 heavy (non-hydrogen) atoms. The molecule has 1 aromatic carbocycles. The molecule has 0 nitrogen and oxygen atoms in total. The van der Waals surface area contributed by atoms with Gasteiger partial charge in [-0.05, 0) is 25.8 Å². The Morgan fingerprint density at radius 3 is 2.54 bits per heavy atom. The molecule has 0 aromatic heterocycles. The largest absolute Gasteiger partial charge is 0.0877 e. The Morgan fingerprint density at radius 1 is 1.23 bits per heavy atom. The molecule has 0 amide bonds. The maximum absolute atomic E-state index is 2.16. The van der Waals surface area contributed by atoms with E-state index in [0.29, 0.717) is 0 Å². The van der Waals surface area contributed by atoms with E-state index < -0.39 is 0 Å². The minimum Gasteiger partial charge on any atom is -0.0877 e. The van der Waals surface area contributed by atoms with Crippen molar-refractivity contribution in [2.75, 3.05) is 0 Å². The third-order valence-corrected chi connectivity index (χ3v) is 1.90. The number of hydrogen-bond donors (Lipinski definition) is 0. The minimum absolute atomic E-state index is 1.05. The zero-order valence-corrected chi connectivity index (χ0v) is 8.33. The summed E-state index contributed by atoms with van der Waals surface area (Å²) in [5.74, 6) is 0. The summed E-state index contributed by atoms with van der Waals surface area (Å²) >= 11 is 0. The summed E-state index contributed by atoms with van der Waals surface area (Å²) < 4.78 is 0. The molecule has 0 radical (unpaired) electrons. The van der Waals surface area contributed by atoms with Gasteiger partial charge in [-0.3, -0.25) is 0 Å². The van der Waals surface area contributed by atoms with Crippen molar-refractivity contribution in [3.63, 3.8) is 0 Å². The van der Waals surface area contributed by atoms with Gasteiger partial charge in [0.15, 0.2) is 0 Å². The topological polar surface area (TPSA) is 0 Å². The summed E-state index contributed by atoms with van der Waals surface area (Å²) in [6.07, 6.45) is 7.34. The first-order chi connectivity index (χ1) is 6.33. The van der Waals surface area contributed by atoms with E-state index in [4.69, 9.17) is 0 Å². The highest BCUT2D eigenvalue weighted by molar-refractivity contribution is 5.22. The summed E-state index contributed by atoms with van der Waals surface area (Å²) in [5, 5.41) is 0. The molecular formula is C13H16. The third kappa shape index (κ3) is 3.75. The number of allylic oxidation sites excluding steroid dienone is 4. The van der Waals surface area contributed by atoms with Crippen LogP contribution in [0.3, 0.4) is 0 Å². The van der Waals surface area contributed by atoms with E-state index in [0.717, 1.165) is 6.42 Å². The fourth-order valence-electron chi connectivity index (χ4n) is 1.24. The highest BCUT2D eigenvalue weighted by Gasteiger charge is 1.91. The van der Waals surface area contributed by atoms with Crippen LogP contribution in [-0.2, 0) is 6.42 Å². The normalized spacial score (nSPS) is 12.3. The van der Waals surface area contributed by atoms with Crippen LogP contribution in [0.25, 0.3) is 0 Å². The van der Waals surface area contributed by atoms with Crippen LogP contribution in [0.5, 0.6) is 0 Å². The summed E-state index contributed by atoms with van der Waals surface area (Å²) in [6.45, 7) is 4.19. The van der Waals surface area contributed by atoms with E-state index in [9.17, 15) is 0 Å². The van der Waals surface area contributed by atoms with Gasteiger partial charge < -0.3 is 0 Å². The lowest BCUT2D eigenvalue weighted by atomic mass is 10.1. The Kier molecular flexibility index (Phi) is 4.04. The van der Waals surface area contributed by atoms with Gasteiger partial charge in [-0.15, -0.1) is 0 Å². The summed E-state index contributed by atoms with van der Waals surface area (Å²) in [4.78, 5) is 0. The lowest BCUT2D eigenvalue weighted by Gasteiger charge is -1.99. The number of hydrogen-bond acceptors (Lipinski definition) is 0. The monoisotopic (exact) mass is 172 g/mol. The maximum atomic E-state index is 2.16. The standard InChI is InChI=1S/C13H16/c1-3-4-8-12(2)11-13-9-6-5-7-10-13/h3-10H,11H2,1-2H3/b4-3-,12-8-. The Balaban J connectivity index is 2.60. The van der Waals surface area contributed by atoms with Gasteiger partial charge in [0.05, 0.1) is 0 Å². The minimum atomic E-state index is 1.05. The second kappa shape index (κ2) is 5.36. The van der Waals surface area contributed by atoms with Gasteiger partial charge in [0.25, 0.3) is 0 Å². The Bertz CT molecular complexity index is 291. The molecular weight excluding hydrogens is 156 g/mol. The molecule has 0 spiro atoms. The van der Waals surface area contributed by atoms with E-state index in [1.54, 1.807) is 0 Å². The average Bonchev–Trinajstić information content (AvgIpc) is 2.16. The quantitative estimate of drug-likeness (QED) is 0.609. The molecule has 0 saturated carbocycles. The van der Waals surface area contributed by atoms with Crippen LogP contribution in [0.4, 0.5) is 0 Å². The van der Waals surface area contributed by atoms with E-state index in [1.807, 2.05) is 6.92 Å². The zero-order valence-electron chi connectivity index (χ0n) is 8.33. The number of rotatable bonds is 3. The van der Waals surface area contributed by atoms with E-state index >= 15 is 0 Å². The van der Waals surface area contributed by atoms with Crippen molar-refractivity contribution in [1.29, 1.82) is 0 Å². The van der Waals surface area contributed by atoms with Crippen molar-refractivity contribution in [1.82, 2.24) is 0 Å². The molecule has 0 N–H and O–H groups in total. The summed E-state index contributed by atoms with van der Waals surface area (Å²) in [6, 6.07) is 10.5. The second-order valence-electron chi connectivity index (χ2n) is 3.20. The molecule has 0 aliphatic carbocycles. The van der Waals surface area contributed by atoms with E-state index in [-0.39, 0.29) is 0 Å². The van der Waals surface area contributed by atoms with Gasteiger partial charge in [0.2, 0.25) is 0 Å². The van der Waals surface area contributed by atoms with Crippen LogP contribution in [0, 0.1) is 0 Å². The molecule has 0 aliphatic heterocycles. The van der Waals surface area contributed by atoms with Crippen molar-refractivity contribution in [2.24, 2.45) is 0 Å². The van der Waals surface area contributed by atoms with Crippen molar-refractivity contribution >= 4 is 0 Å². The van der Waals surface area contributed by atoms with Gasteiger partial charge >= 0.3 is 0 Å². The molecule has 0 bridgehead atoms. The average molecular weight is 172 g/mol. The Hall–Kier alpha value is -1.30. The smallest absolute Gasteiger partial charge is 0.00668 e. The molecule has 0 aliphatic rings. The predicted molar refractivity (Wildman–Crippen MR) is 58.7 cm³/mol. The molecule has 0 heterocycles. The molecule has 0 fully saturated rings. The second-order valence-corrected chi connectivity index (χ2v) is 3.20. The molecule has 1 aromatic rings. The van der Waals surface area contributed by atoms with Crippen LogP contribution in [-0.4, -0.2) is 0 Å². The van der Waals surface area contributed by atoms with Crippen LogP contribution in [0.15, 0.2) is 54.1 Å². The van der Waals surface area contributed by atoms with Crippen LogP contribution in [0.2, 0.25) is 0 Å². The lowest BCUT2D eigenvalue weighted by Crippen LogP contribution is -1.84. The Morgan fingerprint density at radius 2 is 1.92 bits per heavy atom. The van der Waals surface area contributed by atoms with Crippen LogP contribution >= 0.6 is 0 Å². The predicted octanol–water partition coefficient (Wildman–Crippen LogP) is 3.75. The zero-order chi connectivity index (χ0) is 9.52. The molecule has 68 valence electrons.